The number of thioether (sulfide) groups is 2. The summed E-state index contributed by atoms with van der Waals surface area (Å²) in [5.41, 5.74) is 0.379. The van der Waals surface area contributed by atoms with Crippen LogP contribution in [0.4, 0.5) is 0 Å². The van der Waals surface area contributed by atoms with Gasteiger partial charge >= 0.3 is 0 Å². The first-order chi connectivity index (χ1) is 8.13. The van der Waals surface area contributed by atoms with Crippen LogP contribution >= 0.6 is 23.5 Å². The highest BCUT2D eigenvalue weighted by Crippen LogP contribution is 2.38. The van der Waals surface area contributed by atoms with Gasteiger partial charge in [0.25, 0.3) is 0 Å². The lowest BCUT2D eigenvalue weighted by Gasteiger charge is -2.36. The molecule has 2 nitrogen and oxygen atoms in total. The molecule has 3 unspecified atom stereocenters. The lowest BCUT2D eigenvalue weighted by atomic mass is 9.78. The molecule has 2 rings (SSSR count). The van der Waals surface area contributed by atoms with E-state index in [9.17, 15) is 0 Å². The van der Waals surface area contributed by atoms with E-state index in [4.69, 9.17) is 4.99 Å². The maximum Gasteiger partial charge on any atom is 0.157 e. The van der Waals surface area contributed by atoms with Crippen LogP contribution in [0.15, 0.2) is 4.99 Å². The van der Waals surface area contributed by atoms with Crippen LogP contribution in [0.2, 0.25) is 0 Å². The molecule has 1 saturated heterocycles. The Labute approximate surface area is 114 Å². The van der Waals surface area contributed by atoms with Gasteiger partial charge in [0.2, 0.25) is 0 Å². The molecule has 0 aromatic rings. The van der Waals surface area contributed by atoms with Gasteiger partial charge in [0.1, 0.15) is 0 Å². The van der Waals surface area contributed by atoms with Crippen molar-refractivity contribution in [1.29, 1.82) is 0 Å². The Morgan fingerprint density at radius 3 is 3.18 bits per heavy atom. The van der Waals surface area contributed by atoms with Crippen molar-refractivity contribution in [3.8, 4) is 0 Å². The molecule has 0 aromatic carbocycles. The van der Waals surface area contributed by atoms with Gasteiger partial charge in [-0.25, -0.2) is 0 Å². The van der Waals surface area contributed by atoms with Crippen molar-refractivity contribution in [2.24, 2.45) is 10.9 Å². The van der Waals surface area contributed by atoms with Crippen molar-refractivity contribution in [3.63, 3.8) is 0 Å². The SMILES string of the molecule is CSC(C)CN=C1NC2(CCCC(C)C2)CS1. The molecule has 0 aromatic heterocycles. The average molecular weight is 272 g/mol. The summed E-state index contributed by atoms with van der Waals surface area (Å²) in [6.45, 7) is 5.58. The molecule has 2 aliphatic rings. The zero-order valence-corrected chi connectivity index (χ0v) is 12.8. The van der Waals surface area contributed by atoms with E-state index in [1.54, 1.807) is 0 Å². The zero-order chi connectivity index (χ0) is 12.3. The monoisotopic (exact) mass is 272 g/mol. The number of aliphatic imine (C=N–C) groups is 1. The molecule has 0 bridgehead atoms. The first kappa shape index (κ1) is 13.6. The molecule has 0 radical (unpaired) electrons. The summed E-state index contributed by atoms with van der Waals surface area (Å²) in [4.78, 5) is 4.72. The fourth-order valence-electron chi connectivity index (χ4n) is 2.78. The first-order valence-corrected chi connectivity index (χ1v) is 8.89. The van der Waals surface area contributed by atoms with Crippen molar-refractivity contribution < 1.29 is 0 Å². The van der Waals surface area contributed by atoms with Crippen LogP contribution in [-0.4, -0.2) is 34.5 Å². The first-order valence-electron chi connectivity index (χ1n) is 6.62. The Bertz CT molecular complexity index is 293. The molecular weight excluding hydrogens is 248 g/mol. The third kappa shape index (κ3) is 3.57. The van der Waals surface area contributed by atoms with E-state index in [2.05, 4.69) is 25.4 Å². The third-order valence-corrected chi connectivity index (χ3v) is 6.00. The van der Waals surface area contributed by atoms with E-state index >= 15 is 0 Å². The maximum absolute atomic E-state index is 4.72. The van der Waals surface area contributed by atoms with Crippen molar-refractivity contribution >= 4 is 28.7 Å². The standard InChI is InChI=1S/C13H24N2S2/c1-10-5-4-6-13(7-10)9-17-12(15-13)14-8-11(2)16-3/h10-11H,4-9H2,1-3H3,(H,14,15). The molecule has 1 saturated carbocycles. The number of nitrogens with one attached hydrogen (secondary N) is 1. The number of rotatable bonds is 3. The summed E-state index contributed by atoms with van der Waals surface area (Å²) in [5, 5.41) is 5.55. The highest BCUT2D eigenvalue weighted by atomic mass is 32.2. The Kier molecular flexibility index (Phi) is 4.70. The van der Waals surface area contributed by atoms with Gasteiger partial charge in [-0.3, -0.25) is 4.99 Å². The van der Waals surface area contributed by atoms with Crippen molar-refractivity contribution in [3.05, 3.63) is 0 Å². The van der Waals surface area contributed by atoms with E-state index in [1.807, 2.05) is 23.5 Å². The molecule has 4 heteroatoms. The Morgan fingerprint density at radius 1 is 1.65 bits per heavy atom. The van der Waals surface area contributed by atoms with Gasteiger partial charge in [-0.15, -0.1) is 0 Å². The molecule has 17 heavy (non-hydrogen) atoms. The van der Waals surface area contributed by atoms with Crippen LogP contribution in [0, 0.1) is 5.92 Å². The Hall–Kier alpha value is 0.170. The lowest BCUT2D eigenvalue weighted by Crippen LogP contribution is -2.47. The molecule has 1 aliphatic heterocycles. The molecule has 2 fully saturated rings. The van der Waals surface area contributed by atoms with Gasteiger partial charge in [0, 0.05) is 16.5 Å². The van der Waals surface area contributed by atoms with Crippen molar-refractivity contribution in [2.45, 2.75) is 50.3 Å². The largest absolute Gasteiger partial charge is 0.359 e. The van der Waals surface area contributed by atoms with E-state index in [0.717, 1.165) is 12.5 Å². The number of hydrogen-bond donors (Lipinski definition) is 1. The molecule has 1 N–H and O–H groups in total. The van der Waals surface area contributed by atoms with Crippen molar-refractivity contribution in [1.82, 2.24) is 5.32 Å². The second-order valence-corrected chi connectivity index (χ2v) is 7.83. The van der Waals surface area contributed by atoms with E-state index in [0.29, 0.717) is 10.8 Å². The van der Waals surface area contributed by atoms with Gasteiger partial charge in [0.15, 0.2) is 5.17 Å². The molecular formula is C13H24N2S2. The summed E-state index contributed by atoms with van der Waals surface area (Å²) in [6.07, 6.45) is 7.61. The predicted molar refractivity (Wildman–Crippen MR) is 81.2 cm³/mol. The summed E-state index contributed by atoms with van der Waals surface area (Å²) in [7, 11) is 0. The second-order valence-electron chi connectivity index (χ2n) is 5.59. The van der Waals surface area contributed by atoms with E-state index in [1.165, 1.54) is 36.6 Å². The Morgan fingerprint density at radius 2 is 2.47 bits per heavy atom. The summed E-state index contributed by atoms with van der Waals surface area (Å²) in [6, 6.07) is 0. The molecule has 98 valence electrons. The predicted octanol–water partition coefficient (Wildman–Crippen LogP) is 3.38. The molecule has 1 aliphatic carbocycles. The summed E-state index contributed by atoms with van der Waals surface area (Å²) in [5.74, 6) is 2.10. The van der Waals surface area contributed by atoms with Crippen LogP contribution in [-0.2, 0) is 0 Å². The Balaban J connectivity index is 1.90. The minimum atomic E-state index is 0.379. The van der Waals surface area contributed by atoms with Crippen LogP contribution < -0.4 is 5.32 Å². The van der Waals surface area contributed by atoms with Gasteiger partial charge in [-0.05, 0) is 25.0 Å². The van der Waals surface area contributed by atoms with Gasteiger partial charge in [-0.2, -0.15) is 11.8 Å². The smallest absolute Gasteiger partial charge is 0.157 e. The van der Waals surface area contributed by atoms with Crippen LogP contribution in [0.1, 0.15) is 39.5 Å². The van der Waals surface area contributed by atoms with Crippen LogP contribution in [0.5, 0.6) is 0 Å². The lowest BCUT2D eigenvalue weighted by molar-refractivity contribution is 0.242. The maximum atomic E-state index is 4.72. The topological polar surface area (TPSA) is 24.4 Å². The minimum Gasteiger partial charge on any atom is -0.359 e. The quantitative estimate of drug-likeness (QED) is 0.852. The summed E-state index contributed by atoms with van der Waals surface area (Å²) >= 11 is 3.82. The van der Waals surface area contributed by atoms with Gasteiger partial charge in [0.05, 0.1) is 6.54 Å². The van der Waals surface area contributed by atoms with E-state index in [-0.39, 0.29) is 0 Å². The van der Waals surface area contributed by atoms with E-state index < -0.39 is 0 Å². The fourth-order valence-corrected chi connectivity index (χ4v) is 4.21. The number of nitrogens with zero attached hydrogens (tertiary/aromatic N) is 1. The van der Waals surface area contributed by atoms with Crippen LogP contribution in [0.3, 0.4) is 0 Å². The van der Waals surface area contributed by atoms with Crippen molar-refractivity contribution in [2.75, 3.05) is 18.6 Å². The molecule has 3 atom stereocenters. The molecule has 1 heterocycles. The third-order valence-electron chi connectivity index (χ3n) is 3.84. The molecule has 1 spiro atoms. The molecule has 0 amide bonds. The second kappa shape index (κ2) is 5.87. The fraction of sp³-hybridized carbons (Fsp3) is 0.923. The van der Waals surface area contributed by atoms with Gasteiger partial charge in [-0.1, -0.05) is 38.5 Å². The van der Waals surface area contributed by atoms with Crippen LogP contribution in [0.25, 0.3) is 0 Å². The zero-order valence-electron chi connectivity index (χ0n) is 11.2. The minimum absolute atomic E-state index is 0.379. The van der Waals surface area contributed by atoms with Gasteiger partial charge < -0.3 is 5.32 Å². The highest BCUT2D eigenvalue weighted by molar-refractivity contribution is 8.14. The number of hydrogen-bond acceptors (Lipinski definition) is 3. The summed E-state index contributed by atoms with van der Waals surface area (Å²) < 4.78 is 0. The normalized spacial score (nSPS) is 37.4. The average Bonchev–Trinajstić information content (AvgIpc) is 2.69. The highest BCUT2D eigenvalue weighted by Gasteiger charge is 2.40. The number of amidine groups is 1.